The Morgan fingerprint density at radius 1 is 0.182 bits per heavy atom. The summed E-state index contributed by atoms with van der Waals surface area (Å²) >= 11 is 0. The maximum absolute atomic E-state index is 15.4. The van der Waals surface area contributed by atoms with Gasteiger partial charge in [0, 0.05) is 78.9 Å². The van der Waals surface area contributed by atoms with Crippen molar-refractivity contribution in [2.24, 2.45) is 0 Å². The molecule has 0 radical (unpaired) electrons. The molecule has 12 aromatic carbocycles. The molecule has 0 spiro atoms. The fourth-order valence-electron chi connectivity index (χ4n) is 14.5. The second-order valence-electron chi connectivity index (χ2n) is 28.8. The van der Waals surface area contributed by atoms with Gasteiger partial charge in [-0.05, 0) is 267 Å². The summed E-state index contributed by atoms with van der Waals surface area (Å²) in [5.41, 5.74) is 15.9. The molecule has 0 aliphatic carbocycles. The molecule has 10 aliphatic rings. The van der Waals surface area contributed by atoms with Crippen molar-refractivity contribution < 1.29 is 48.6 Å². The quantitative estimate of drug-likeness (QED) is 0.0686. The van der Waals surface area contributed by atoms with Gasteiger partial charge in [0.05, 0.1) is 22.3 Å². The topological polar surface area (TPSA) is 273 Å². The highest BCUT2D eigenvalue weighted by molar-refractivity contribution is 6.20. The molecule has 10 N–H and O–H groups in total. The van der Waals surface area contributed by atoms with Crippen LogP contribution in [-0.2, 0) is 0 Å². The Kier molecular flexibility index (Phi) is 19.3. The van der Waals surface area contributed by atoms with Gasteiger partial charge in [-0.25, -0.2) is 0 Å². The number of hydrogen-bond acceptors (Lipinski definition) is 10. The van der Waals surface area contributed by atoms with E-state index in [0.29, 0.717) is 101 Å². The van der Waals surface area contributed by atoms with Crippen LogP contribution < -0.4 is 42.5 Å². The van der Waals surface area contributed by atoms with Crippen LogP contribution in [0.25, 0.3) is 55.6 Å². The Morgan fingerprint density at radius 2 is 0.318 bits per heavy atom. The lowest BCUT2D eigenvalue weighted by atomic mass is 9.89. The lowest BCUT2D eigenvalue weighted by molar-refractivity contribution is 0.100. The molecule has 22 rings (SSSR count). The van der Waals surface area contributed by atoms with Crippen LogP contribution in [0.15, 0.2) is 194 Å². The van der Waals surface area contributed by atoms with Crippen LogP contribution in [0, 0.1) is 83.1 Å². The number of hydrogen-bond donors (Lipinski definition) is 10. The van der Waals surface area contributed by atoms with Gasteiger partial charge in [0.25, 0.3) is 47.3 Å². The first kappa shape index (κ1) is 72.9. The molecule has 0 aromatic heterocycles. The third-order valence-corrected chi connectivity index (χ3v) is 20.4. The zero-order valence-corrected chi connectivity index (χ0v) is 62.6. The molecule has 18 nitrogen and oxygen atoms in total. The van der Waals surface area contributed by atoms with Gasteiger partial charge < -0.3 is 52.7 Å². The number of aryl methyl sites for hydroxylation is 12. The fraction of sp³-hybridized carbons (Fsp3) is 0.130. The summed E-state index contributed by atoms with van der Waals surface area (Å²) in [7, 11) is 0. The van der Waals surface area contributed by atoms with Gasteiger partial charge in [0.15, 0.2) is 0 Å². The van der Waals surface area contributed by atoms with Crippen LogP contribution in [0.1, 0.15) is 150 Å². The van der Waals surface area contributed by atoms with E-state index in [2.05, 4.69) is 42.5 Å². The summed E-state index contributed by atoms with van der Waals surface area (Å²) in [6.07, 6.45) is 0. The number of nitrogens with one attached hydrogen (secondary N) is 8. The van der Waals surface area contributed by atoms with Crippen LogP contribution in [-0.4, -0.2) is 57.5 Å². The molecule has 18 heteroatoms. The predicted molar refractivity (Wildman–Crippen MR) is 436 cm³/mol. The van der Waals surface area contributed by atoms with E-state index in [1.165, 1.54) is 24.3 Å². The monoisotopic (exact) mass is 1450 g/mol. The molecule has 10 aliphatic heterocycles. The molecule has 0 atom stereocenters. The van der Waals surface area contributed by atoms with Crippen molar-refractivity contribution in [2.45, 2.75) is 83.1 Å². The second-order valence-corrected chi connectivity index (χ2v) is 28.8. The molecule has 0 unspecified atom stereocenters. The molecule has 0 fully saturated rings. The first-order valence-electron chi connectivity index (χ1n) is 35.9. The number of anilines is 8. The third kappa shape index (κ3) is 14.4. The Bertz CT molecular complexity index is 5350. The van der Waals surface area contributed by atoms with Crippen LogP contribution in [0.3, 0.4) is 0 Å². The van der Waals surface area contributed by atoms with E-state index in [9.17, 15) is 29.4 Å². The van der Waals surface area contributed by atoms with Crippen molar-refractivity contribution >= 4 is 92.8 Å². The Labute approximate surface area is 636 Å². The van der Waals surface area contributed by atoms with E-state index < -0.39 is 58.8 Å². The van der Waals surface area contributed by atoms with Crippen molar-refractivity contribution in [3.05, 3.63) is 305 Å². The third-order valence-electron chi connectivity index (χ3n) is 20.4. The number of aromatic hydroxyl groups is 2. The largest absolute Gasteiger partial charge is 0.506 e. The summed E-state index contributed by atoms with van der Waals surface area (Å²) < 4.78 is 0. The van der Waals surface area contributed by atoms with E-state index in [0.717, 1.165) is 33.4 Å². The van der Waals surface area contributed by atoms with Crippen LogP contribution in [0.4, 0.5) is 45.5 Å². The summed E-state index contributed by atoms with van der Waals surface area (Å²) in [5.74, 6) is -6.67. The Balaban J connectivity index is 0.961. The number of carbonyl (C=O) groups excluding carboxylic acids is 8. The zero-order valence-electron chi connectivity index (χ0n) is 62.6. The minimum absolute atomic E-state index is 0.132. The summed E-state index contributed by atoms with van der Waals surface area (Å²) in [6.45, 7) is 21.2. The molecule has 8 amide bonds. The van der Waals surface area contributed by atoms with Gasteiger partial charge in [0.1, 0.15) is 11.5 Å². The van der Waals surface area contributed by atoms with Crippen LogP contribution in [0.2, 0.25) is 0 Å². The number of amides is 8. The molecule has 110 heavy (non-hydrogen) atoms. The normalized spacial score (nSPS) is 13.2. The summed E-state index contributed by atoms with van der Waals surface area (Å²) in [5, 5.41) is 48.0. The van der Waals surface area contributed by atoms with Crippen LogP contribution in [0.5, 0.6) is 11.5 Å². The van der Waals surface area contributed by atoms with Crippen LogP contribution >= 0.6 is 0 Å². The van der Waals surface area contributed by atoms with Gasteiger partial charge >= 0.3 is 0 Å². The first-order chi connectivity index (χ1) is 52.5. The van der Waals surface area contributed by atoms with Crippen molar-refractivity contribution in [3.63, 3.8) is 0 Å². The highest BCUT2D eigenvalue weighted by Crippen LogP contribution is 2.41. The van der Waals surface area contributed by atoms with Crippen molar-refractivity contribution in [1.82, 2.24) is 0 Å². The van der Waals surface area contributed by atoms with E-state index in [4.69, 9.17) is 0 Å². The number of benzene rings is 12. The SMILES string of the molecule is Cc1cc2c(O)c(c1)C(=O)Nc1cc(c(C)cc1C)NC(=O)c1cc(C)cc3c1-c1ccc(cc1)-c1ccc(cc1)-c1ccc(cc1)-c1ccc(cc1)-c1c(cc(C)cc1C(=O)Nc1cc(c(C)cc1C)NC(=O)c1cc(C)cc(c1O)C(=O)Nc1cc(c(C)cc1C)NC3=O)C(=O)Nc1cc(c(C)cc1C)NC2=O. The maximum Gasteiger partial charge on any atom is 0.259 e. The van der Waals surface area contributed by atoms with E-state index in [1.54, 1.807) is 156 Å². The lowest BCUT2D eigenvalue weighted by Crippen LogP contribution is -2.21. The number of phenolic OH excluding ortho intramolecular Hbond substituents is 2. The van der Waals surface area contributed by atoms with Gasteiger partial charge in [-0.15, -0.1) is 0 Å². The molecular weight excluding hydrogens is 1380 g/mol. The number of carbonyl (C=O) groups is 8. The standard InChI is InChI=1S/C92H78N8O10/c1-45-29-65-81-63-25-21-61(22-26-63)59-17-13-57(14-18-59)58-15-19-60(20-16-58)62-23-27-64(28-24-62)82-67(87(105)95-75-43-79(55(11)39-51(75)7)99-91(109)71-35-47(3)33-69(83(71)101)89(107)97-77-41-73(93-85(65)103)49(5)37-53(77)9)31-46(2)32-68(82)88(106)96-76-44-80(56(12)40-52(76)8)100-92(110)72-36-48(4)34-70(84(72)102)90(108)98-78-42-74(50(6)38-54(78)10)94-86(104)66(81)30-45/h13-44,101-102H,1-12H3,(H,93,103)(H,94,104)(H,95,105)(H,96,106)(H,97,107)(H,98,108)(H,99,109)(H,100,110). The molecular formula is C92H78N8O10. The average molecular weight is 1460 g/mol. The van der Waals surface area contributed by atoms with Crippen molar-refractivity contribution in [3.8, 4) is 67.1 Å². The molecule has 12 aromatic rings. The predicted octanol–water partition coefficient (Wildman–Crippen LogP) is 19.8. The molecule has 546 valence electrons. The minimum Gasteiger partial charge on any atom is -0.506 e. The fourth-order valence-corrected chi connectivity index (χ4v) is 14.5. The van der Waals surface area contributed by atoms with E-state index in [1.807, 2.05) is 97.1 Å². The summed E-state index contributed by atoms with van der Waals surface area (Å²) in [6, 6.07) is 57.5. The maximum atomic E-state index is 15.4. The van der Waals surface area contributed by atoms with E-state index >= 15 is 19.2 Å². The summed E-state index contributed by atoms with van der Waals surface area (Å²) in [4.78, 5) is 120. The van der Waals surface area contributed by atoms with Gasteiger partial charge in [-0.3, -0.25) is 38.4 Å². The molecule has 10 heterocycles. The van der Waals surface area contributed by atoms with Crippen molar-refractivity contribution in [2.75, 3.05) is 42.5 Å². The molecule has 0 saturated heterocycles. The Morgan fingerprint density at radius 3 is 0.482 bits per heavy atom. The smallest absolute Gasteiger partial charge is 0.259 e. The molecule has 22 bridgehead atoms. The minimum atomic E-state index is -0.765. The zero-order chi connectivity index (χ0) is 78.0. The van der Waals surface area contributed by atoms with Crippen molar-refractivity contribution in [1.29, 1.82) is 0 Å². The van der Waals surface area contributed by atoms with Gasteiger partial charge in [-0.1, -0.05) is 121 Å². The van der Waals surface area contributed by atoms with Gasteiger partial charge in [0.2, 0.25) is 0 Å². The lowest BCUT2D eigenvalue weighted by Gasteiger charge is -2.20. The van der Waals surface area contributed by atoms with Gasteiger partial charge in [-0.2, -0.15) is 0 Å². The number of phenols is 2. The first-order valence-corrected chi connectivity index (χ1v) is 35.9. The second kappa shape index (κ2) is 29.0. The molecule has 0 saturated carbocycles. The highest BCUT2D eigenvalue weighted by atomic mass is 16.3. The Hall–Kier alpha value is -14.0. The highest BCUT2D eigenvalue weighted by Gasteiger charge is 2.30. The number of rotatable bonds is 0. The van der Waals surface area contributed by atoms with E-state index in [-0.39, 0.29) is 78.4 Å². The average Bonchev–Trinajstić information content (AvgIpc) is 0.604.